The minimum atomic E-state index is 0.223. The highest BCUT2D eigenvalue weighted by atomic mass is 16.2. The summed E-state index contributed by atoms with van der Waals surface area (Å²) in [6, 6.07) is 6.30. The van der Waals surface area contributed by atoms with E-state index >= 15 is 0 Å². The highest BCUT2D eigenvalue weighted by molar-refractivity contribution is 5.94. The highest BCUT2D eigenvalue weighted by Crippen LogP contribution is 2.23. The Morgan fingerprint density at radius 2 is 2.11 bits per heavy atom. The predicted molar refractivity (Wildman–Crippen MR) is 74.9 cm³/mol. The SMILES string of the molecule is Cc1ccc(N2CC(C)CNCCC2=O)c(C)c1. The summed E-state index contributed by atoms with van der Waals surface area (Å²) in [5.74, 6) is 0.705. The third kappa shape index (κ3) is 2.91. The Hall–Kier alpha value is -1.35. The zero-order valence-electron chi connectivity index (χ0n) is 11.5. The van der Waals surface area contributed by atoms with Crippen LogP contribution in [0.5, 0.6) is 0 Å². The third-order valence-corrected chi connectivity index (χ3v) is 3.45. The van der Waals surface area contributed by atoms with Crippen LogP contribution < -0.4 is 10.2 Å². The molecule has 1 fully saturated rings. The van der Waals surface area contributed by atoms with Crippen LogP contribution in [0.25, 0.3) is 0 Å². The van der Waals surface area contributed by atoms with Crippen LogP contribution in [-0.4, -0.2) is 25.5 Å². The molecule has 2 rings (SSSR count). The third-order valence-electron chi connectivity index (χ3n) is 3.45. The first kappa shape index (κ1) is 13.1. The molecule has 1 aromatic carbocycles. The molecule has 1 aliphatic rings. The second-order valence-corrected chi connectivity index (χ2v) is 5.35. The predicted octanol–water partition coefficient (Wildman–Crippen LogP) is 2.27. The van der Waals surface area contributed by atoms with Crippen molar-refractivity contribution >= 4 is 11.6 Å². The molecule has 18 heavy (non-hydrogen) atoms. The summed E-state index contributed by atoms with van der Waals surface area (Å²) < 4.78 is 0. The number of carbonyl (C=O) groups excluding carboxylic acids is 1. The number of amides is 1. The van der Waals surface area contributed by atoms with Gasteiger partial charge in [-0.15, -0.1) is 0 Å². The molecule has 1 aliphatic heterocycles. The van der Waals surface area contributed by atoms with Crippen LogP contribution in [0.1, 0.15) is 24.5 Å². The van der Waals surface area contributed by atoms with Crippen LogP contribution in [0.15, 0.2) is 18.2 Å². The molecule has 1 heterocycles. The molecule has 0 spiro atoms. The zero-order valence-corrected chi connectivity index (χ0v) is 11.5. The van der Waals surface area contributed by atoms with Gasteiger partial charge >= 0.3 is 0 Å². The Balaban J connectivity index is 2.29. The van der Waals surface area contributed by atoms with Crippen molar-refractivity contribution in [2.45, 2.75) is 27.2 Å². The highest BCUT2D eigenvalue weighted by Gasteiger charge is 2.21. The maximum Gasteiger partial charge on any atom is 0.228 e. The molecule has 1 amide bonds. The molecule has 1 N–H and O–H groups in total. The number of aryl methyl sites for hydroxylation is 2. The molecular formula is C15H22N2O. The second-order valence-electron chi connectivity index (χ2n) is 5.35. The topological polar surface area (TPSA) is 32.3 Å². The van der Waals surface area contributed by atoms with Crippen LogP contribution in [-0.2, 0) is 4.79 Å². The molecule has 0 aliphatic carbocycles. The van der Waals surface area contributed by atoms with Gasteiger partial charge in [-0.2, -0.15) is 0 Å². The molecule has 1 aromatic rings. The van der Waals surface area contributed by atoms with Gasteiger partial charge in [0.1, 0.15) is 0 Å². The largest absolute Gasteiger partial charge is 0.316 e. The maximum absolute atomic E-state index is 12.2. The number of nitrogens with one attached hydrogen (secondary N) is 1. The Morgan fingerprint density at radius 1 is 1.33 bits per heavy atom. The van der Waals surface area contributed by atoms with Gasteiger partial charge in [0.25, 0.3) is 0 Å². The Morgan fingerprint density at radius 3 is 2.83 bits per heavy atom. The van der Waals surface area contributed by atoms with Crippen LogP contribution >= 0.6 is 0 Å². The lowest BCUT2D eigenvalue weighted by atomic mass is 10.1. The van der Waals surface area contributed by atoms with E-state index in [-0.39, 0.29) is 5.91 Å². The molecule has 0 aromatic heterocycles. The molecular weight excluding hydrogens is 224 g/mol. The quantitative estimate of drug-likeness (QED) is 0.824. The summed E-state index contributed by atoms with van der Waals surface area (Å²) in [7, 11) is 0. The van der Waals surface area contributed by atoms with Gasteiger partial charge in [-0.05, 0) is 37.9 Å². The van der Waals surface area contributed by atoms with Gasteiger partial charge in [-0.25, -0.2) is 0 Å². The number of benzene rings is 1. The number of nitrogens with zero attached hydrogens (tertiary/aromatic N) is 1. The smallest absolute Gasteiger partial charge is 0.228 e. The number of rotatable bonds is 1. The molecule has 1 unspecified atom stereocenters. The maximum atomic E-state index is 12.2. The minimum Gasteiger partial charge on any atom is -0.316 e. The standard InChI is InChI=1S/C15H22N2O/c1-11-4-5-14(13(3)8-11)17-10-12(2)9-16-7-6-15(17)18/h4-5,8,12,16H,6-7,9-10H2,1-3H3. The first-order valence-electron chi connectivity index (χ1n) is 6.66. The van der Waals surface area contributed by atoms with Crippen molar-refractivity contribution < 1.29 is 4.79 Å². The average Bonchev–Trinajstić information content (AvgIpc) is 2.30. The normalized spacial score (nSPS) is 21.6. The van der Waals surface area contributed by atoms with Gasteiger partial charge in [0.05, 0.1) is 0 Å². The van der Waals surface area contributed by atoms with Gasteiger partial charge in [0, 0.05) is 25.2 Å². The van der Waals surface area contributed by atoms with Gasteiger partial charge in [0.2, 0.25) is 5.91 Å². The van der Waals surface area contributed by atoms with E-state index < -0.39 is 0 Å². The van der Waals surface area contributed by atoms with Crippen molar-refractivity contribution in [2.24, 2.45) is 5.92 Å². The van der Waals surface area contributed by atoms with Crippen molar-refractivity contribution in [3.63, 3.8) is 0 Å². The molecule has 3 nitrogen and oxygen atoms in total. The number of anilines is 1. The van der Waals surface area contributed by atoms with Gasteiger partial charge in [-0.1, -0.05) is 24.6 Å². The molecule has 98 valence electrons. The molecule has 0 radical (unpaired) electrons. The molecule has 0 saturated carbocycles. The van der Waals surface area contributed by atoms with E-state index in [2.05, 4.69) is 44.3 Å². The molecule has 3 heteroatoms. The van der Waals surface area contributed by atoms with Gasteiger partial charge < -0.3 is 10.2 Å². The van der Waals surface area contributed by atoms with E-state index in [0.29, 0.717) is 12.3 Å². The lowest BCUT2D eigenvalue weighted by molar-refractivity contribution is -0.118. The monoisotopic (exact) mass is 246 g/mol. The fourth-order valence-electron chi connectivity index (χ4n) is 2.50. The van der Waals surface area contributed by atoms with Crippen LogP contribution in [0.4, 0.5) is 5.69 Å². The lowest BCUT2D eigenvalue weighted by Crippen LogP contribution is -2.42. The van der Waals surface area contributed by atoms with E-state index in [4.69, 9.17) is 0 Å². The summed E-state index contributed by atoms with van der Waals surface area (Å²) in [6.45, 7) is 8.91. The summed E-state index contributed by atoms with van der Waals surface area (Å²) in [5.41, 5.74) is 3.49. The Bertz CT molecular complexity index is 442. The molecule has 1 atom stereocenters. The number of hydrogen-bond donors (Lipinski definition) is 1. The van der Waals surface area contributed by atoms with E-state index in [0.717, 1.165) is 25.3 Å². The Kier molecular flexibility index (Phi) is 4.02. The van der Waals surface area contributed by atoms with Crippen LogP contribution in [0.3, 0.4) is 0 Å². The van der Waals surface area contributed by atoms with Crippen LogP contribution in [0.2, 0.25) is 0 Å². The van der Waals surface area contributed by atoms with Crippen molar-refractivity contribution in [3.8, 4) is 0 Å². The number of carbonyl (C=O) groups is 1. The fourth-order valence-corrected chi connectivity index (χ4v) is 2.50. The number of hydrogen-bond acceptors (Lipinski definition) is 2. The molecule has 0 bridgehead atoms. The second kappa shape index (κ2) is 5.53. The van der Waals surface area contributed by atoms with Gasteiger partial charge in [-0.3, -0.25) is 4.79 Å². The van der Waals surface area contributed by atoms with E-state index in [1.807, 2.05) is 4.90 Å². The van der Waals surface area contributed by atoms with E-state index in [9.17, 15) is 4.79 Å². The van der Waals surface area contributed by atoms with Crippen molar-refractivity contribution in [1.82, 2.24) is 5.32 Å². The lowest BCUT2D eigenvalue weighted by Gasteiger charge is -2.30. The average molecular weight is 246 g/mol. The molecule has 1 saturated heterocycles. The van der Waals surface area contributed by atoms with Crippen LogP contribution in [0, 0.1) is 19.8 Å². The summed E-state index contributed by atoms with van der Waals surface area (Å²) in [4.78, 5) is 14.2. The zero-order chi connectivity index (χ0) is 13.1. The first-order valence-corrected chi connectivity index (χ1v) is 6.66. The summed E-state index contributed by atoms with van der Waals surface area (Å²) in [6.07, 6.45) is 0.583. The summed E-state index contributed by atoms with van der Waals surface area (Å²) in [5, 5.41) is 3.32. The Labute approximate surface area is 109 Å². The van der Waals surface area contributed by atoms with Gasteiger partial charge in [0.15, 0.2) is 0 Å². The summed E-state index contributed by atoms with van der Waals surface area (Å²) >= 11 is 0. The van der Waals surface area contributed by atoms with Crippen molar-refractivity contribution in [1.29, 1.82) is 0 Å². The van der Waals surface area contributed by atoms with Crippen molar-refractivity contribution in [2.75, 3.05) is 24.5 Å². The van der Waals surface area contributed by atoms with Crippen molar-refractivity contribution in [3.05, 3.63) is 29.3 Å². The first-order chi connectivity index (χ1) is 8.58. The fraction of sp³-hybridized carbons (Fsp3) is 0.533. The van der Waals surface area contributed by atoms with E-state index in [1.54, 1.807) is 0 Å². The van der Waals surface area contributed by atoms with E-state index in [1.165, 1.54) is 11.1 Å². The minimum absolute atomic E-state index is 0.223.